The third kappa shape index (κ3) is 5.45. The molecule has 2 N–H and O–H groups in total. The highest BCUT2D eigenvalue weighted by Gasteiger charge is 2.30. The summed E-state index contributed by atoms with van der Waals surface area (Å²) in [7, 11) is 3.08. The SMILES string of the molecule is C[N+](C)([O-])CC=CC(=O)N1CCC(n2nc(-c3ccc(Oc4ccccc4)cc3)c3c(N)ncnc32)C1. The standard InChI is InChI=1S/C27H29N7O3/c1-34(2,36)16-6-9-23(35)32-15-14-20(17-32)33-27-24(26(28)29-18-30-27)25(31-33)19-10-12-22(13-11-19)37-21-7-4-3-5-8-21/h3-13,18,20H,14-17H2,1-2H3,(H2,28,29,30). The highest BCUT2D eigenvalue weighted by Crippen LogP contribution is 2.35. The summed E-state index contributed by atoms with van der Waals surface area (Å²) in [5.74, 6) is 1.70. The molecule has 5 rings (SSSR count). The van der Waals surface area contributed by atoms with Crippen molar-refractivity contribution in [1.82, 2.24) is 24.6 Å². The summed E-state index contributed by atoms with van der Waals surface area (Å²) in [6, 6.07) is 17.2. The van der Waals surface area contributed by atoms with Crippen molar-refractivity contribution in [2.75, 3.05) is 39.5 Å². The van der Waals surface area contributed by atoms with Crippen LogP contribution in [0.2, 0.25) is 0 Å². The van der Waals surface area contributed by atoms with Gasteiger partial charge < -0.3 is 25.2 Å². The van der Waals surface area contributed by atoms with Gasteiger partial charge in [-0.15, -0.1) is 0 Å². The lowest BCUT2D eigenvalue weighted by atomic mass is 10.1. The number of hydrogen-bond acceptors (Lipinski definition) is 7. The summed E-state index contributed by atoms with van der Waals surface area (Å²) >= 11 is 0. The van der Waals surface area contributed by atoms with Crippen LogP contribution in [0.25, 0.3) is 22.3 Å². The van der Waals surface area contributed by atoms with Gasteiger partial charge in [0.1, 0.15) is 29.3 Å². The number of para-hydroxylation sites is 1. The third-order valence-corrected chi connectivity index (χ3v) is 6.25. The topological polar surface area (TPSA) is 122 Å². The number of nitrogens with two attached hydrogens (primary N) is 1. The minimum Gasteiger partial charge on any atom is -0.633 e. The molecule has 3 heterocycles. The van der Waals surface area contributed by atoms with Gasteiger partial charge >= 0.3 is 0 Å². The fourth-order valence-corrected chi connectivity index (χ4v) is 4.41. The van der Waals surface area contributed by atoms with Crippen molar-refractivity contribution in [3.05, 3.63) is 78.3 Å². The van der Waals surface area contributed by atoms with Crippen LogP contribution in [0.3, 0.4) is 0 Å². The third-order valence-electron chi connectivity index (χ3n) is 6.25. The molecule has 1 unspecified atom stereocenters. The predicted molar refractivity (Wildman–Crippen MR) is 141 cm³/mol. The number of benzene rings is 2. The van der Waals surface area contributed by atoms with Crippen LogP contribution in [0.5, 0.6) is 11.5 Å². The number of likely N-dealkylation sites (tertiary alicyclic amines) is 1. The molecule has 190 valence electrons. The normalized spacial score (nSPS) is 16.1. The monoisotopic (exact) mass is 499 g/mol. The van der Waals surface area contributed by atoms with E-state index < -0.39 is 4.65 Å². The number of fused-ring (bicyclic) bond motifs is 1. The predicted octanol–water partition coefficient (Wildman–Crippen LogP) is 3.77. The van der Waals surface area contributed by atoms with Gasteiger partial charge in [-0.05, 0) is 48.9 Å². The lowest BCUT2D eigenvalue weighted by molar-refractivity contribution is -0.833. The summed E-state index contributed by atoms with van der Waals surface area (Å²) < 4.78 is 7.29. The molecule has 37 heavy (non-hydrogen) atoms. The first kappa shape index (κ1) is 24.4. The first-order valence-electron chi connectivity index (χ1n) is 12.1. The molecule has 2 aromatic carbocycles. The van der Waals surface area contributed by atoms with Crippen LogP contribution in [-0.2, 0) is 4.79 Å². The number of ether oxygens (including phenoxy) is 1. The smallest absolute Gasteiger partial charge is 0.246 e. The van der Waals surface area contributed by atoms with Gasteiger partial charge in [0.25, 0.3) is 0 Å². The summed E-state index contributed by atoms with van der Waals surface area (Å²) in [4.78, 5) is 23.1. The van der Waals surface area contributed by atoms with E-state index in [2.05, 4.69) is 9.97 Å². The van der Waals surface area contributed by atoms with E-state index in [-0.39, 0.29) is 18.5 Å². The van der Waals surface area contributed by atoms with E-state index in [9.17, 15) is 10.0 Å². The summed E-state index contributed by atoms with van der Waals surface area (Å²) in [6.45, 7) is 1.32. The van der Waals surface area contributed by atoms with Gasteiger partial charge in [-0.2, -0.15) is 5.10 Å². The second-order valence-corrected chi connectivity index (χ2v) is 9.58. The first-order chi connectivity index (χ1) is 17.8. The van der Waals surface area contributed by atoms with Crippen LogP contribution >= 0.6 is 0 Å². The highest BCUT2D eigenvalue weighted by atomic mass is 16.5. The Hall–Kier alpha value is -4.28. The van der Waals surface area contributed by atoms with E-state index >= 15 is 0 Å². The number of quaternary nitrogens is 1. The molecule has 10 heteroatoms. The molecule has 0 radical (unpaired) electrons. The summed E-state index contributed by atoms with van der Waals surface area (Å²) in [5, 5.41) is 17.3. The number of likely N-dealkylation sites (N-methyl/N-ethyl adjacent to an activating group) is 1. The Bertz CT molecular complexity index is 1430. The Morgan fingerprint density at radius 1 is 1.14 bits per heavy atom. The zero-order valence-electron chi connectivity index (χ0n) is 20.8. The van der Waals surface area contributed by atoms with E-state index in [4.69, 9.17) is 15.6 Å². The number of carbonyl (C=O) groups is 1. The molecule has 1 atom stereocenters. The number of hydroxylamine groups is 3. The van der Waals surface area contributed by atoms with Crippen molar-refractivity contribution in [3.8, 4) is 22.8 Å². The maximum Gasteiger partial charge on any atom is 0.246 e. The Balaban J connectivity index is 1.39. The van der Waals surface area contributed by atoms with Gasteiger partial charge in [0.2, 0.25) is 5.91 Å². The molecule has 1 amide bonds. The molecule has 10 nitrogen and oxygen atoms in total. The average molecular weight is 500 g/mol. The van der Waals surface area contributed by atoms with E-state index in [1.807, 2.05) is 59.3 Å². The fraction of sp³-hybridized carbons (Fsp3) is 0.259. The van der Waals surface area contributed by atoms with Crippen LogP contribution in [0.1, 0.15) is 12.5 Å². The number of carbonyl (C=O) groups excluding carboxylic acids is 1. The van der Waals surface area contributed by atoms with Crippen molar-refractivity contribution < 1.29 is 14.2 Å². The quantitative estimate of drug-likeness (QED) is 0.233. The fourth-order valence-electron chi connectivity index (χ4n) is 4.41. The Kier molecular flexibility index (Phi) is 6.60. The van der Waals surface area contributed by atoms with E-state index in [1.54, 1.807) is 25.1 Å². The van der Waals surface area contributed by atoms with Crippen LogP contribution in [-0.4, -0.2) is 68.9 Å². The van der Waals surface area contributed by atoms with Gasteiger partial charge in [0, 0.05) is 24.7 Å². The van der Waals surface area contributed by atoms with Gasteiger partial charge in [-0.3, -0.25) is 4.79 Å². The number of nitrogen functional groups attached to an aromatic ring is 1. The largest absolute Gasteiger partial charge is 0.633 e. The van der Waals surface area contributed by atoms with Crippen LogP contribution in [0.15, 0.2) is 73.1 Å². The molecule has 0 bridgehead atoms. The molecular formula is C27H29N7O3. The maximum atomic E-state index is 12.7. The lowest BCUT2D eigenvalue weighted by Crippen LogP contribution is -2.32. The summed E-state index contributed by atoms with van der Waals surface area (Å²) in [6.07, 6.45) is 5.27. The van der Waals surface area contributed by atoms with Crippen molar-refractivity contribution >= 4 is 22.8 Å². The van der Waals surface area contributed by atoms with Gasteiger partial charge in [0.15, 0.2) is 5.65 Å². The zero-order chi connectivity index (χ0) is 26.0. The van der Waals surface area contributed by atoms with Gasteiger partial charge in [-0.25, -0.2) is 14.6 Å². The molecule has 0 spiro atoms. The minimum atomic E-state index is -0.477. The van der Waals surface area contributed by atoms with E-state index in [0.717, 1.165) is 17.7 Å². The molecule has 2 aromatic heterocycles. The van der Waals surface area contributed by atoms with E-state index in [0.29, 0.717) is 41.4 Å². The maximum absolute atomic E-state index is 12.7. The average Bonchev–Trinajstić information content (AvgIpc) is 3.50. The van der Waals surface area contributed by atoms with E-state index in [1.165, 1.54) is 12.4 Å². The number of amides is 1. The van der Waals surface area contributed by atoms with Crippen LogP contribution in [0.4, 0.5) is 5.82 Å². The van der Waals surface area contributed by atoms with Crippen LogP contribution in [0, 0.1) is 5.21 Å². The number of hydrogen-bond donors (Lipinski definition) is 1. The van der Waals surface area contributed by atoms with Crippen LogP contribution < -0.4 is 10.5 Å². The van der Waals surface area contributed by atoms with Crippen molar-refractivity contribution in [3.63, 3.8) is 0 Å². The van der Waals surface area contributed by atoms with Gasteiger partial charge in [-0.1, -0.05) is 18.2 Å². The van der Waals surface area contributed by atoms with Gasteiger partial charge in [0.05, 0.1) is 32.1 Å². The molecule has 1 aliphatic heterocycles. The van der Waals surface area contributed by atoms with Crippen molar-refractivity contribution in [2.45, 2.75) is 12.5 Å². The molecule has 1 fully saturated rings. The second kappa shape index (κ2) is 10.00. The molecular weight excluding hydrogens is 470 g/mol. The molecule has 4 aromatic rings. The second-order valence-electron chi connectivity index (χ2n) is 9.58. The molecule has 0 aliphatic carbocycles. The van der Waals surface area contributed by atoms with Crippen molar-refractivity contribution in [1.29, 1.82) is 0 Å². The number of nitrogens with zero attached hydrogens (tertiary/aromatic N) is 6. The molecule has 1 aliphatic rings. The van der Waals surface area contributed by atoms with Crippen molar-refractivity contribution in [2.24, 2.45) is 0 Å². The Morgan fingerprint density at radius 3 is 2.59 bits per heavy atom. The number of rotatable bonds is 7. The Labute approximate surface area is 214 Å². The Morgan fingerprint density at radius 2 is 1.86 bits per heavy atom. The zero-order valence-corrected chi connectivity index (χ0v) is 20.8. The molecule has 1 saturated heterocycles. The number of anilines is 1. The highest BCUT2D eigenvalue weighted by molar-refractivity contribution is 5.98. The first-order valence-corrected chi connectivity index (χ1v) is 12.1. The number of aromatic nitrogens is 4. The summed E-state index contributed by atoms with van der Waals surface area (Å²) in [5.41, 5.74) is 8.45. The lowest BCUT2D eigenvalue weighted by Gasteiger charge is -2.32. The minimum absolute atomic E-state index is 0.0599. The molecule has 0 saturated carbocycles.